The Bertz CT molecular complexity index is 335. The SMILES string of the molecule is Cn1nc(C2CCNCC2)oc1=O. The molecular weight excluding hydrogens is 170 g/mol. The largest absolute Gasteiger partial charge is 0.436 e. The first-order chi connectivity index (χ1) is 6.27. The van der Waals surface area contributed by atoms with Gasteiger partial charge in [0.15, 0.2) is 0 Å². The lowest BCUT2D eigenvalue weighted by Crippen LogP contribution is -2.26. The maximum atomic E-state index is 11.0. The molecule has 0 amide bonds. The van der Waals surface area contributed by atoms with E-state index in [2.05, 4.69) is 10.4 Å². The van der Waals surface area contributed by atoms with Crippen molar-refractivity contribution >= 4 is 0 Å². The number of aromatic nitrogens is 2. The lowest BCUT2D eigenvalue weighted by atomic mass is 9.98. The molecule has 0 atom stereocenters. The second-order valence-corrected chi connectivity index (χ2v) is 3.35. The molecule has 0 saturated carbocycles. The van der Waals surface area contributed by atoms with Crippen LogP contribution in [0.15, 0.2) is 9.21 Å². The van der Waals surface area contributed by atoms with E-state index in [0.29, 0.717) is 11.8 Å². The van der Waals surface area contributed by atoms with Crippen LogP contribution in [0, 0.1) is 0 Å². The van der Waals surface area contributed by atoms with Crippen LogP contribution in [0.4, 0.5) is 0 Å². The van der Waals surface area contributed by atoms with Crippen LogP contribution in [-0.4, -0.2) is 22.9 Å². The minimum atomic E-state index is -0.367. The standard InChI is InChI=1S/C8H13N3O2/c1-11-8(12)13-7(10-11)6-2-4-9-5-3-6/h6,9H,2-5H2,1H3. The molecule has 5 nitrogen and oxygen atoms in total. The maximum Gasteiger partial charge on any atom is 0.436 e. The zero-order valence-corrected chi connectivity index (χ0v) is 7.62. The van der Waals surface area contributed by atoms with Crippen molar-refractivity contribution in [3.63, 3.8) is 0 Å². The highest BCUT2D eigenvalue weighted by Gasteiger charge is 2.20. The average molecular weight is 183 g/mol. The highest BCUT2D eigenvalue weighted by molar-refractivity contribution is 4.91. The van der Waals surface area contributed by atoms with Gasteiger partial charge in [0.1, 0.15) is 0 Å². The van der Waals surface area contributed by atoms with E-state index >= 15 is 0 Å². The summed E-state index contributed by atoms with van der Waals surface area (Å²) < 4.78 is 6.27. The Labute approximate surface area is 75.7 Å². The summed E-state index contributed by atoms with van der Waals surface area (Å²) in [7, 11) is 1.61. The molecule has 1 N–H and O–H groups in total. The van der Waals surface area contributed by atoms with E-state index in [-0.39, 0.29) is 5.76 Å². The molecule has 1 fully saturated rings. The fourth-order valence-electron chi connectivity index (χ4n) is 1.60. The maximum absolute atomic E-state index is 11.0. The molecule has 0 aliphatic carbocycles. The van der Waals surface area contributed by atoms with E-state index in [4.69, 9.17) is 4.42 Å². The zero-order valence-electron chi connectivity index (χ0n) is 7.62. The van der Waals surface area contributed by atoms with Gasteiger partial charge in [-0.3, -0.25) is 0 Å². The van der Waals surface area contributed by atoms with Gasteiger partial charge in [-0.05, 0) is 25.9 Å². The van der Waals surface area contributed by atoms with E-state index in [0.717, 1.165) is 25.9 Å². The first-order valence-corrected chi connectivity index (χ1v) is 4.52. The van der Waals surface area contributed by atoms with Crippen LogP contribution >= 0.6 is 0 Å². The molecule has 0 bridgehead atoms. The molecule has 2 rings (SSSR count). The van der Waals surface area contributed by atoms with E-state index in [1.54, 1.807) is 7.05 Å². The topological polar surface area (TPSA) is 60.1 Å². The number of hydrogen-bond acceptors (Lipinski definition) is 4. The molecule has 5 heteroatoms. The van der Waals surface area contributed by atoms with Gasteiger partial charge in [0.25, 0.3) is 0 Å². The number of nitrogens with zero attached hydrogens (tertiary/aromatic N) is 2. The third-order valence-electron chi connectivity index (χ3n) is 2.39. The van der Waals surface area contributed by atoms with Crippen LogP contribution in [0.25, 0.3) is 0 Å². The minimum absolute atomic E-state index is 0.315. The van der Waals surface area contributed by atoms with Gasteiger partial charge >= 0.3 is 5.76 Å². The Morgan fingerprint density at radius 2 is 2.23 bits per heavy atom. The fourth-order valence-corrected chi connectivity index (χ4v) is 1.60. The van der Waals surface area contributed by atoms with Crippen molar-refractivity contribution in [1.29, 1.82) is 0 Å². The summed E-state index contributed by atoms with van der Waals surface area (Å²) in [5.41, 5.74) is 0. The van der Waals surface area contributed by atoms with E-state index in [1.807, 2.05) is 0 Å². The Kier molecular flexibility index (Phi) is 2.18. The van der Waals surface area contributed by atoms with E-state index < -0.39 is 0 Å². The van der Waals surface area contributed by atoms with Crippen molar-refractivity contribution in [2.75, 3.05) is 13.1 Å². The van der Waals surface area contributed by atoms with Crippen LogP contribution in [0.5, 0.6) is 0 Å². The van der Waals surface area contributed by atoms with Crippen molar-refractivity contribution in [3.8, 4) is 0 Å². The fraction of sp³-hybridized carbons (Fsp3) is 0.750. The van der Waals surface area contributed by atoms with Crippen LogP contribution in [0.1, 0.15) is 24.7 Å². The monoisotopic (exact) mass is 183 g/mol. The van der Waals surface area contributed by atoms with Gasteiger partial charge in [0.2, 0.25) is 5.89 Å². The number of nitrogens with one attached hydrogen (secondary N) is 1. The summed E-state index contributed by atoms with van der Waals surface area (Å²) in [6, 6.07) is 0. The van der Waals surface area contributed by atoms with Crippen molar-refractivity contribution < 1.29 is 4.42 Å². The van der Waals surface area contributed by atoms with Crippen LogP contribution in [0.3, 0.4) is 0 Å². The van der Waals surface area contributed by atoms with Crippen LogP contribution in [0.2, 0.25) is 0 Å². The molecule has 0 unspecified atom stereocenters. The van der Waals surface area contributed by atoms with Crippen LogP contribution < -0.4 is 11.1 Å². The Balaban J connectivity index is 2.19. The molecular formula is C8H13N3O2. The molecule has 1 aromatic heterocycles. The summed E-state index contributed by atoms with van der Waals surface area (Å²) in [6.45, 7) is 1.95. The smallest absolute Gasteiger partial charge is 0.392 e. The summed E-state index contributed by atoms with van der Waals surface area (Å²) in [6.07, 6.45) is 2.00. The molecule has 0 spiro atoms. The summed E-state index contributed by atoms with van der Waals surface area (Å²) in [5, 5.41) is 7.30. The van der Waals surface area contributed by atoms with Gasteiger partial charge in [-0.15, -0.1) is 5.10 Å². The van der Waals surface area contributed by atoms with Crippen molar-refractivity contribution in [3.05, 3.63) is 16.4 Å². The first-order valence-electron chi connectivity index (χ1n) is 4.52. The third-order valence-corrected chi connectivity index (χ3v) is 2.39. The molecule has 1 aromatic rings. The molecule has 0 radical (unpaired) electrons. The molecule has 0 aromatic carbocycles. The highest BCUT2D eigenvalue weighted by Crippen LogP contribution is 2.21. The predicted octanol–water partition coefficient (Wildman–Crippen LogP) is -0.160. The number of rotatable bonds is 1. The third kappa shape index (κ3) is 1.65. The Hall–Kier alpha value is -1.10. The van der Waals surface area contributed by atoms with Crippen LogP contribution in [-0.2, 0) is 7.05 Å². The molecule has 72 valence electrons. The van der Waals surface area contributed by atoms with Gasteiger partial charge < -0.3 is 9.73 Å². The van der Waals surface area contributed by atoms with Crippen molar-refractivity contribution in [1.82, 2.24) is 15.1 Å². The lowest BCUT2D eigenvalue weighted by Gasteiger charge is -2.18. The molecule has 13 heavy (non-hydrogen) atoms. The number of piperidine rings is 1. The normalized spacial score (nSPS) is 19.2. The number of hydrogen-bond donors (Lipinski definition) is 1. The quantitative estimate of drug-likeness (QED) is 0.657. The Morgan fingerprint density at radius 3 is 2.77 bits per heavy atom. The van der Waals surface area contributed by atoms with Crippen molar-refractivity contribution in [2.45, 2.75) is 18.8 Å². The molecule has 2 heterocycles. The summed E-state index contributed by atoms with van der Waals surface area (Å²) in [4.78, 5) is 11.0. The van der Waals surface area contributed by atoms with Gasteiger partial charge in [-0.1, -0.05) is 0 Å². The minimum Gasteiger partial charge on any atom is -0.392 e. The average Bonchev–Trinajstić information content (AvgIpc) is 2.49. The molecule has 1 saturated heterocycles. The second-order valence-electron chi connectivity index (χ2n) is 3.35. The van der Waals surface area contributed by atoms with E-state index in [9.17, 15) is 4.79 Å². The lowest BCUT2D eigenvalue weighted by molar-refractivity contribution is 0.363. The Morgan fingerprint density at radius 1 is 1.54 bits per heavy atom. The van der Waals surface area contributed by atoms with Gasteiger partial charge in [0, 0.05) is 13.0 Å². The predicted molar refractivity (Wildman–Crippen MR) is 46.6 cm³/mol. The van der Waals surface area contributed by atoms with Gasteiger partial charge in [-0.2, -0.15) is 4.68 Å². The summed E-state index contributed by atoms with van der Waals surface area (Å²) >= 11 is 0. The molecule has 1 aliphatic heterocycles. The molecule has 1 aliphatic rings. The number of aryl methyl sites for hydroxylation is 1. The second kappa shape index (κ2) is 3.33. The first kappa shape index (κ1) is 8.50. The van der Waals surface area contributed by atoms with Gasteiger partial charge in [-0.25, -0.2) is 4.79 Å². The zero-order chi connectivity index (χ0) is 9.26. The summed E-state index contributed by atoms with van der Waals surface area (Å²) in [5.74, 6) is 0.540. The van der Waals surface area contributed by atoms with Crippen molar-refractivity contribution in [2.24, 2.45) is 7.05 Å². The van der Waals surface area contributed by atoms with Gasteiger partial charge in [0.05, 0.1) is 0 Å². The highest BCUT2D eigenvalue weighted by atomic mass is 16.4. The van der Waals surface area contributed by atoms with E-state index in [1.165, 1.54) is 4.68 Å².